The van der Waals surface area contributed by atoms with E-state index in [2.05, 4.69) is 16.4 Å². The Morgan fingerprint density at radius 3 is 3.10 bits per heavy atom. The SMILES string of the molecule is COC(=O)c1cccc(NC2CCCc3cccnc32)c1. The molecule has 0 bridgehead atoms. The number of rotatable bonds is 3. The summed E-state index contributed by atoms with van der Waals surface area (Å²) in [5, 5.41) is 3.49. The maximum Gasteiger partial charge on any atom is 0.337 e. The second-order valence-electron chi connectivity index (χ2n) is 5.21. The molecule has 4 nitrogen and oxygen atoms in total. The van der Waals surface area contributed by atoms with Crippen molar-refractivity contribution in [2.45, 2.75) is 25.3 Å². The van der Waals surface area contributed by atoms with Gasteiger partial charge in [0, 0.05) is 11.9 Å². The van der Waals surface area contributed by atoms with Crippen LogP contribution in [0.3, 0.4) is 0 Å². The number of esters is 1. The number of ether oxygens (including phenoxy) is 1. The molecule has 2 aromatic rings. The number of fused-ring (bicyclic) bond motifs is 1. The third-order valence-electron chi connectivity index (χ3n) is 3.82. The lowest BCUT2D eigenvalue weighted by Crippen LogP contribution is -2.19. The summed E-state index contributed by atoms with van der Waals surface area (Å²) in [6.45, 7) is 0. The molecule has 0 radical (unpaired) electrons. The maximum atomic E-state index is 11.6. The first-order valence-corrected chi connectivity index (χ1v) is 7.16. The van der Waals surface area contributed by atoms with Gasteiger partial charge in [-0.3, -0.25) is 4.98 Å². The number of aryl methyl sites for hydroxylation is 1. The third-order valence-corrected chi connectivity index (χ3v) is 3.82. The Bertz CT molecular complexity index is 655. The zero-order valence-electron chi connectivity index (χ0n) is 12.0. The minimum atomic E-state index is -0.319. The smallest absolute Gasteiger partial charge is 0.337 e. The van der Waals surface area contributed by atoms with Crippen molar-refractivity contribution in [3.63, 3.8) is 0 Å². The molecular weight excluding hydrogens is 264 g/mol. The summed E-state index contributed by atoms with van der Waals surface area (Å²) < 4.78 is 4.76. The van der Waals surface area contributed by atoms with Gasteiger partial charge in [0.25, 0.3) is 0 Å². The van der Waals surface area contributed by atoms with Crippen molar-refractivity contribution in [3.05, 3.63) is 59.4 Å². The van der Waals surface area contributed by atoms with Gasteiger partial charge in [-0.15, -0.1) is 0 Å². The van der Waals surface area contributed by atoms with Crippen LogP contribution in [0.5, 0.6) is 0 Å². The largest absolute Gasteiger partial charge is 0.465 e. The molecule has 0 spiro atoms. The number of methoxy groups -OCH3 is 1. The zero-order chi connectivity index (χ0) is 14.7. The van der Waals surface area contributed by atoms with Gasteiger partial charge in [0.15, 0.2) is 0 Å². The van der Waals surface area contributed by atoms with Gasteiger partial charge in [0.2, 0.25) is 0 Å². The highest BCUT2D eigenvalue weighted by Gasteiger charge is 2.21. The molecule has 108 valence electrons. The highest BCUT2D eigenvalue weighted by atomic mass is 16.5. The lowest BCUT2D eigenvalue weighted by atomic mass is 9.91. The monoisotopic (exact) mass is 282 g/mol. The molecule has 1 aromatic carbocycles. The zero-order valence-corrected chi connectivity index (χ0v) is 12.0. The molecule has 1 N–H and O–H groups in total. The van der Waals surface area contributed by atoms with E-state index in [1.165, 1.54) is 12.7 Å². The number of anilines is 1. The molecule has 0 saturated carbocycles. The summed E-state index contributed by atoms with van der Waals surface area (Å²) >= 11 is 0. The van der Waals surface area contributed by atoms with E-state index < -0.39 is 0 Å². The van der Waals surface area contributed by atoms with Crippen molar-refractivity contribution >= 4 is 11.7 Å². The number of carbonyl (C=O) groups excluding carboxylic acids is 1. The Morgan fingerprint density at radius 2 is 2.24 bits per heavy atom. The van der Waals surface area contributed by atoms with Gasteiger partial charge >= 0.3 is 5.97 Å². The molecule has 1 aliphatic carbocycles. The second-order valence-corrected chi connectivity index (χ2v) is 5.21. The van der Waals surface area contributed by atoms with Gasteiger partial charge in [-0.2, -0.15) is 0 Å². The standard InChI is InChI=1S/C17H18N2O2/c1-21-17(20)13-6-2-8-14(11-13)19-15-9-3-5-12-7-4-10-18-16(12)15/h2,4,6-8,10-11,15,19H,3,5,9H2,1H3. The van der Waals surface area contributed by atoms with Crippen LogP contribution in [0.25, 0.3) is 0 Å². The van der Waals surface area contributed by atoms with E-state index in [9.17, 15) is 4.79 Å². The van der Waals surface area contributed by atoms with Gasteiger partial charge in [0.1, 0.15) is 0 Å². The molecule has 1 aromatic heterocycles. The Labute approximate surface area is 124 Å². The highest BCUT2D eigenvalue weighted by Crippen LogP contribution is 2.31. The predicted molar refractivity (Wildman–Crippen MR) is 81.3 cm³/mol. The highest BCUT2D eigenvalue weighted by molar-refractivity contribution is 5.90. The fraction of sp³-hybridized carbons (Fsp3) is 0.294. The first kappa shape index (κ1) is 13.6. The number of nitrogens with one attached hydrogen (secondary N) is 1. The van der Waals surface area contributed by atoms with Crippen molar-refractivity contribution in [3.8, 4) is 0 Å². The minimum absolute atomic E-state index is 0.197. The van der Waals surface area contributed by atoms with E-state index in [4.69, 9.17) is 4.74 Å². The van der Waals surface area contributed by atoms with Crippen LogP contribution in [0, 0.1) is 0 Å². The molecule has 21 heavy (non-hydrogen) atoms. The number of nitrogens with zero attached hydrogens (tertiary/aromatic N) is 1. The fourth-order valence-corrected chi connectivity index (χ4v) is 2.80. The van der Waals surface area contributed by atoms with E-state index in [1.807, 2.05) is 30.5 Å². The molecule has 3 rings (SSSR count). The van der Waals surface area contributed by atoms with Gasteiger partial charge in [-0.25, -0.2) is 4.79 Å². The second kappa shape index (κ2) is 5.95. The van der Waals surface area contributed by atoms with Crippen LogP contribution in [-0.2, 0) is 11.2 Å². The number of pyridine rings is 1. The van der Waals surface area contributed by atoms with Crippen molar-refractivity contribution < 1.29 is 9.53 Å². The van der Waals surface area contributed by atoms with Crippen LogP contribution in [0.4, 0.5) is 5.69 Å². The first-order chi connectivity index (χ1) is 10.3. The van der Waals surface area contributed by atoms with Crippen molar-refractivity contribution in [1.82, 2.24) is 4.98 Å². The Morgan fingerprint density at radius 1 is 1.33 bits per heavy atom. The number of benzene rings is 1. The summed E-state index contributed by atoms with van der Waals surface area (Å²) in [6.07, 6.45) is 5.12. The molecule has 1 heterocycles. The first-order valence-electron chi connectivity index (χ1n) is 7.16. The summed E-state index contributed by atoms with van der Waals surface area (Å²) in [5.41, 5.74) is 3.90. The summed E-state index contributed by atoms with van der Waals surface area (Å²) in [7, 11) is 1.39. The summed E-state index contributed by atoms with van der Waals surface area (Å²) in [4.78, 5) is 16.1. The average Bonchev–Trinajstić information content (AvgIpc) is 2.55. The van der Waals surface area contributed by atoms with Crippen LogP contribution in [0.1, 0.15) is 40.5 Å². The summed E-state index contributed by atoms with van der Waals surface area (Å²) in [5.74, 6) is -0.319. The van der Waals surface area contributed by atoms with Crippen molar-refractivity contribution in [2.75, 3.05) is 12.4 Å². The van der Waals surface area contributed by atoms with E-state index >= 15 is 0 Å². The molecule has 1 aliphatic rings. The van der Waals surface area contributed by atoms with E-state index in [1.54, 1.807) is 6.07 Å². The molecule has 0 saturated heterocycles. The van der Waals surface area contributed by atoms with Crippen LogP contribution in [-0.4, -0.2) is 18.1 Å². The predicted octanol–water partition coefficient (Wildman–Crippen LogP) is 3.36. The Hall–Kier alpha value is -2.36. The van der Waals surface area contributed by atoms with Crippen LogP contribution in [0.15, 0.2) is 42.6 Å². The van der Waals surface area contributed by atoms with Crippen LogP contribution < -0.4 is 5.32 Å². The Kier molecular flexibility index (Phi) is 3.86. The van der Waals surface area contributed by atoms with Gasteiger partial charge in [-0.1, -0.05) is 12.1 Å². The van der Waals surface area contributed by atoms with Gasteiger partial charge < -0.3 is 10.1 Å². The number of hydrogen-bond donors (Lipinski definition) is 1. The number of aromatic nitrogens is 1. The lowest BCUT2D eigenvalue weighted by Gasteiger charge is -2.26. The third kappa shape index (κ3) is 2.89. The summed E-state index contributed by atoms with van der Waals surface area (Å²) in [6, 6.07) is 11.7. The molecule has 4 heteroatoms. The minimum Gasteiger partial charge on any atom is -0.465 e. The molecule has 0 amide bonds. The van der Waals surface area contributed by atoms with E-state index in [0.29, 0.717) is 5.56 Å². The molecule has 0 aliphatic heterocycles. The molecule has 0 fully saturated rings. The van der Waals surface area contributed by atoms with E-state index in [0.717, 1.165) is 30.6 Å². The van der Waals surface area contributed by atoms with Gasteiger partial charge in [0.05, 0.1) is 24.4 Å². The normalized spacial score (nSPS) is 16.9. The molecular formula is C17H18N2O2. The number of hydrogen-bond acceptors (Lipinski definition) is 4. The number of carbonyl (C=O) groups is 1. The van der Waals surface area contributed by atoms with Gasteiger partial charge in [-0.05, 0) is 49.1 Å². The van der Waals surface area contributed by atoms with Crippen molar-refractivity contribution in [2.24, 2.45) is 0 Å². The average molecular weight is 282 g/mol. The van der Waals surface area contributed by atoms with E-state index in [-0.39, 0.29) is 12.0 Å². The van der Waals surface area contributed by atoms with Crippen molar-refractivity contribution in [1.29, 1.82) is 0 Å². The topological polar surface area (TPSA) is 51.2 Å². The Balaban J connectivity index is 1.83. The quantitative estimate of drug-likeness (QED) is 0.877. The fourth-order valence-electron chi connectivity index (χ4n) is 2.80. The van der Waals surface area contributed by atoms with Crippen LogP contribution >= 0.6 is 0 Å². The molecule has 1 atom stereocenters. The maximum absolute atomic E-state index is 11.6. The lowest BCUT2D eigenvalue weighted by molar-refractivity contribution is 0.0601. The molecule has 1 unspecified atom stereocenters. The van der Waals surface area contributed by atoms with Crippen LogP contribution in [0.2, 0.25) is 0 Å².